The van der Waals surface area contributed by atoms with Crippen molar-refractivity contribution in [1.29, 1.82) is 0 Å². The molecule has 0 saturated carbocycles. The van der Waals surface area contributed by atoms with Crippen molar-refractivity contribution in [3.05, 3.63) is 54.0 Å². The minimum Gasteiger partial charge on any atom is -0.488 e. The Labute approximate surface area is 148 Å². The maximum atomic E-state index is 5.96. The molecule has 0 bridgehead atoms. The molecule has 0 radical (unpaired) electrons. The maximum Gasteiger partial charge on any atom is 0.191 e. The summed E-state index contributed by atoms with van der Waals surface area (Å²) in [6, 6.07) is 12.2. The second-order valence-electron chi connectivity index (χ2n) is 6.38. The first-order valence-corrected chi connectivity index (χ1v) is 8.56. The van der Waals surface area contributed by atoms with Gasteiger partial charge in [0.15, 0.2) is 5.96 Å². The van der Waals surface area contributed by atoms with Crippen molar-refractivity contribution in [2.24, 2.45) is 4.99 Å². The van der Waals surface area contributed by atoms with Crippen LogP contribution in [0.25, 0.3) is 0 Å². The summed E-state index contributed by atoms with van der Waals surface area (Å²) in [6.07, 6.45) is 2.76. The number of nitrogens with zero attached hydrogens (tertiary/aromatic N) is 2. The molecule has 3 rings (SSSR count). The number of guanidine groups is 1. The molecule has 0 spiro atoms. The quantitative estimate of drug-likeness (QED) is 0.621. The molecule has 2 N–H and O–H groups in total. The van der Waals surface area contributed by atoms with Crippen molar-refractivity contribution in [2.45, 2.75) is 18.6 Å². The number of hydrogen-bond acceptors (Lipinski definition) is 4. The van der Waals surface area contributed by atoms with E-state index in [-0.39, 0.29) is 12.1 Å². The molecule has 6 nitrogen and oxygen atoms in total. The highest BCUT2D eigenvalue weighted by atomic mass is 16.5. The summed E-state index contributed by atoms with van der Waals surface area (Å²) in [6.45, 7) is 1.41. The smallest absolute Gasteiger partial charge is 0.191 e. The van der Waals surface area contributed by atoms with Crippen LogP contribution in [-0.4, -0.2) is 51.2 Å². The van der Waals surface area contributed by atoms with Gasteiger partial charge in [0.2, 0.25) is 0 Å². The number of rotatable bonds is 6. The number of nitrogens with one attached hydrogen (secondary N) is 2. The molecular weight excluding hydrogens is 316 g/mol. The Kier molecular flexibility index (Phi) is 5.60. The molecule has 2 heterocycles. The van der Waals surface area contributed by atoms with Gasteiger partial charge < -0.3 is 19.8 Å². The molecule has 1 aromatic heterocycles. The monoisotopic (exact) mass is 342 g/mol. The van der Waals surface area contributed by atoms with E-state index >= 15 is 0 Å². The van der Waals surface area contributed by atoms with Crippen molar-refractivity contribution in [3.63, 3.8) is 0 Å². The van der Waals surface area contributed by atoms with Gasteiger partial charge in [0, 0.05) is 20.0 Å². The van der Waals surface area contributed by atoms with Crippen LogP contribution in [0.2, 0.25) is 0 Å². The fourth-order valence-corrected chi connectivity index (χ4v) is 3.01. The first-order chi connectivity index (χ1) is 12.2. The predicted molar refractivity (Wildman–Crippen MR) is 99.1 cm³/mol. The van der Waals surface area contributed by atoms with E-state index < -0.39 is 0 Å². The van der Waals surface area contributed by atoms with Crippen LogP contribution in [0, 0.1) is 0 Å². The minimum absolute atomic E-state index is 0.130. The van der Waals surface area contributed by atoms with E-state index in [2.05, 4.69) is 32.7 Å². The highest BCUT2D eigenvalue weighted by Gasteiger charge is 2.22. The van der Waals surface area contributed by atoms with E-state index in [1.54, 1.807) is 13.3 Å². The van der Waals surface area contributed by atoms with E-state index in [1.165, 1.54) is 5.56 Å². The number of para-hydroxylation sites is 1. The molecule has 0 saturated heterocycles. The van der Waals surface area contributed by atoms with Crippen LogP contribution in [0.15, 0.2) is 52.1 Å². The molecule has 1 aromatic carbocycles. The standard InChI is InChI=1S/C19H26N4O2/c1-20-19(22-13-16(23(2)3)18-9-6-10-24-18)21-12-15-11-14-7-4-5-8-17(14)25-15/h4-10,15-16H,11-13H2,1-3H3,(H2,20,21,22). The van der Waals surface area contributed by atoms with Gasteiger partial charge in [0.1, 0.15) is 17.6 Å². The van der Waals surface area contributed by atoms with Gasteiger partial charge in [0.05, 0.1) is 18.8 Å². The first kappa shape index (κ1) is 17.4. The second kappa shape index (κ2) is 8.07. The van der Waals surface area contributed by atoms with Crippen LogP contribution in [0.1, 0.15) is 17.4 Å². The maximum absolute atomic E-state index is 5.96. The SMILES string of the molecule is CN=C(NCC1Cc2ccccc2O1)NCC(c1ccco1)N(C)C. The number of hydrogen-bond donors (Lipinski definition) is 2. The summed E-state index contributed by atoms with van der Waals surface area (Å²) >= 11 is 0. The Hall–Kier alpha value is -2.47. The highest BCUT2D eigenvalue weighted by molar-refractivity contribution is 5.79. The zero-order valence-corrected chi connectivity index (χ0v) is 15.0. The number of fused-ring (bicyclic) bond motifs is 1. The third kappa shape index (κ3) is 4.33. The number of ether oxygens (including phenoxy) is 1. The summed E-state index contributed by atoms with van der Waals surface area (Å²) in [4.78, 5) is 6.42. The summed E-state index contributed by atoms with van der Waals surface area (Å²) < 4.78 is 11.5. The van der Waals surface area contributed by atoms with Crippen molar-refractivity contribution in [3.8, 4) is 5.75 Å². The van der Waals surface area contributed by atoms with Gasteiger partial charge in [-0.05, 0) is 37.9 Å². The number of furan rings is 1. The Balaban J connectivity index is 1.49. The second-order valence-corrected chi connectivity index (χ2v) is 6.38. The van der Waals surface area contributed by atoms with Crippen molar-refractivity contribution >= 4 is 5.96 Å². The Morgan fingerprint density at radius 1 is 1.24 bits per heavy atom. The molecule has 0 aliphatic carbocycles. The lowest BCUT2D eigenvalue weighted by Crippen LogP contribution is -2.44. The number of likely N-dealkylation sites (N-methyl/N-ethyl adjacent to an activating group) is 1. The van der Waals surface area contributed by atoms with Crippen LogP contribution >= 0.6 is 0 Å². The summed E-state index contributed by atoms with van der Waals surface area (Å²) in [5.74, 6) is 2.68. The molecule has 2 atom stereocenters. The van der Waals surface area contributed by atoms with E-state index in [1.807, 2.05) is 38.4 Å². The Bertz CT molecular complexity index is 672. The molecule has 6 heteroatoms. The van der Waals surface area contributed by atoms with Gasteiger partial charge >= 0.3 is 0 Å². The lowest BCUT2D eigenvalue weighted by Gasteiger charge is -2.24. The zero-order chi connectivity index (χ0) is 17.6. The van der Waals surface area contributed by atoms with Crippen molar-refractivity contribution in [1.82, 2.24) is 15.5 Å². The van der Waals surface area contributed by atoms with Crippen LogP contribution in [0.5, 0.6) is 5.75 Å². The summed E-state index contributed by atoms with van der Waals surface area (Å²) in [5.41, 5.74) is 1.27. The minimum atomic E-state index is 0.130. The van der Waals surface area contributed by atoms with Crippen molar-refractivity contribution in [2.75, 3.05) is 34.2 Å². The normalized spacial score (nSPS) is 17.9. The molecule has 0 fully saturated rings. The molecule has 0 amide bonds. The van der Waals surface area contributed by atoms with Crippen LogP contribution in [0.4, 0.5) is 0 Å². The summed E-state index contributed by atoms with van der Waals surface area (Å²) in [7, 11) is 5.85. The van der Waals surface area contributed by atoms with Crippen LogP contribution in [0.3, 0.4) is 0 Å². The first-order valence-electron chi connectivity index (χ1n) is 8.56. The van der Waals surface area contributed by atoms with E-state index in [0.717, 1.165) is 23.9 Å². The highest BCUT2D eigenvalue weighted by Crippen LogP contribution is 2.27. The Morgan fingerprint density at radius 2 is 2.08 bits per heavy atom. The van der Waals surface area contributed by atoms with Gasteiger partial charge in [0.25, 0.3) is 0 Å². The average Bonchev–Trinajstić information content (AvgIpc) is 3.26. The fraction of sp³-hybridized carbons (Fsp3) is 0.421. The summed E-state index contributed by atoms with van der Waals surface area (Å²) in [5, 5.41) is 6.72. The lowest BCUT2D eigenvalue weighted by atomic mass is 10.1. The molecular formula is C19H26N4O2. The van der Waals surface area contributed by atoms with E-state index in [9.17, 15) is 0 Å². The average molecular weight is 342 g/mol. The topological polar surface area (TPSA) is 62.0 Å². The molecule has 1 aliphatic heterocycles. The van der Waals surface area contributed by atoms with Crippen molar-refractivity contribution < 1.29 is 9.15 Å². The third-order valence-corrected chi connectivity index (χ3v) is 4.39. The largest absolute Gasteiger partial charge is 0.488 e. The van der Waals surface area contributed by atoms with Gasteiger partial charge in [-0.1, -0.05) is 18.2 Å². The number of benzene rings is 1. The molecule has 2 aromatic rings. The fourth-order valence-electron chi connectivity index (χ4n) is 3.01. The van der Waals surface area contributed by atoms with E-state index in [0.29, 0.717) is 13.1 Å². The predicted octanol–water partition coefficient (Wildman–Crippen LogP) is 2.05. The lowest BCUT2D eigenvalue weighted by molar-refractivity contribution is 0.234. The van der Waals surface area contributed by atoms with Crippen LogP contribution < -0.4 is 15.4 Å². The molecule has 1 aliphatic rings. The molecule has 25 heavy (non-hydrogen) atoms. The molecule has 134 valence electrons. The third-order valence-electron chi connectivity index (χ3n) is 4.39. The zero-order valence-electron chi connectivity index (χ0n) is 15.0. The number of aliphatic imine (C=N–C) groups is 1. The van der Waals surface area contributed by atoms with Gasteiger partial charge in [-0.15, -0.1) is 0 Å². The Morgan fingerprint density at radius 3 is 2.76 bits per heavy atom. The van der Waals surface area contributed by atoms with E-state index in [4.69, 9.17) is 9.15 Å². The van der Waals surface area contributed by atoms with Gasteiger partial charge in [-0.2, -0.15) is 0 Å². The van der Waals surface area contributed by atoms with Crippen LogP contribution in [-0.2, 0) is 6.42 Å². The van der Waals surface area contributed by atoms with Gasteiger partial charge in [-0.3, -0.25) is 9.89 Å². The molecule has 2 unspecified atom stereocenters. The van der Waals surface area contributed by atoms with Gasteiger partial charge in [-0.25, -0.2) is 0 Å².